The van der Waals surface area contributed by atoms with Crippen molar-refractivity contribution in [1.82, 2.24) is 0 Å². The standard InChI is InChI=1S/C28H37FO11/c1-12-8-16-15-5-4-13-9-14(30)6-7-25(13,2)27(15,29)17(31)10-26(16,3)28(12,38)18(32)11-39-24-21(35)19(33)20(34)22(40-24)23(36)37/h6-7,9,12,15-17,19-22,24,31,33-35,38H,4-5,8,10-11H2,1-3H3,(H,36,37)/t12-,15-,16-,17+,19+,20+,21-,22+,24-,25+,26+,27+,28+/m1/s1. The number of hydrogen-bond donors (Lipinski definition) is 6. The molecule has 0 unspecified atom stereocenters. The third-order valence-electron chi connectivity index (χ3n) is 10.8. The van der Waals surface area contributed by atoms with E-state index in [-0.39, 0.29) is 18.6 Å². The number of rotatable bonds is 5. The minimum atomic E-state index is -2.13. The highest BCUT2D eigenvalue weighted by Crippen LogP contribution is 2.70. The molecule has 12 heteroatoms. The van der Waals surface area contributed by atoms with E-state index >= 15 is 4.39 Å². The highest BCUT2D eigenvalue weighted by Gasteiger charge is 2.75. The zero-order chi connectivity index (χ0) is 29.6. The Morgan fingerprint density at radius 1 is 1.12 bits per heavy atom. The van der Waals surface area contributed by atoms with E-state index in [1.807, 2.05) is 0 Å². The molecule has 0 radical (unpaired) electrons. The number of fused-ring (bicyclic) bond motifs is 5. The molecule has 3 saturated carbocycles. The number of carboxylic acid groups (broad SMARTS) is 1. The molecule has 1 saturated heterocycles. The first-order valence-corrected chi connectivity index (χ1v) is 13.6. The molecule has 1 heterocycles. The molecule has 0 aromatic heterocycles. The molecule has 5 rings (SSSR count). The molecule has 0 aromatic carbocycles. The van der Waals surface area contributed by atoms with Crippen molar-refractivity contribution in [3.05, 3.63) is 23.8 Å². The van der Waals surface area contributed by atoms with Crippen LogP contribution in [-0.4, -0.2) is 103 Å². The summed E-state index contributed by atoms with van der Waals surface area (Å²) >= 11 is 0. The van der Waals surface area contributed by atoms with Gasteiger partial charge in [-0.15, -0.1) is 0 Å². The van der Waals surface area contributed by atoms with E-state index in [9.17, 15) is 45.0 Å². The van der Waals surface area contributed by atoms with Crippen molar-refractivity contribution in [2.24, 2.45) is 28.6 Å². The molecule has 13 atom stereocenters. The first-order valence-electron chi connectivity index (χ1n) is 13.6. The van der Waals surface area contributed by atoms with Crippen molar-refractivity contribution >= 4 is 17.5 Å². The van der Waals surface area contributed by atoms with E-state index in [1.165, 1.54) is 18.2 Å². The number of aliphatic carboxylic acids is 1. The second-order valence-electron chi connectivity index (χ2n) is 12.6. The Hall–Kier alpha value is -2.06. The number of Topliss-reactive ketones (excluding diaryl/α,β-unsaturated/α-hetero) is 1. The van der Waals surface area contributed by atoms with E-state index < -0.39 is 95.0 Å². The molecule has 0 bridgehead atoms. The van der Waals surface area contributed by atoms with Gasteiger partial charge in [-0.1, -0.05) is 25.5 Å². The number of hydrogen-bond acceptors (Lipinski definition) is 10. The van der Waals surface area contributed by atoms with Gasteiger partial charge in [-0.2, -0.15) is 0 Å². The fourth-order valence-corrected chi connectivity index (χ4v) is 8.60. The second-order valence-corrected chi connectivity index (χ2v) is 12.6. The number of halogens is 1. The van der Waals surface area contributed by atoms with E-state index in [0.29, 0.717) is 18.4 Å². The monoisotopic (exact) mass is 568 g/mol. The summed E-state index contributed by atoms with van der Waals surface area (Å²) in [5, 5.41) is 62.8. The van der Waals surface area contributed by atoms with E-state index in [0.717, 1.165) is 0 Å². The fraction of sp³-hybridized carbons (Fsp3) is 0.750. The minimum Gasteiger partial charge on any atom is -0.479 e. The van der Waals surface area contributed by atoms with Crippen molar-refractivity contribution in [1.29, 1.82) is 0 Å². The second kappa shape index (κ2) is 9.48. The Labute approximate surface area is 230 Å². The van der Waals surface area contributed by atoms with Gasteiger partial charge in [0.05, 0.1) is 6.10 Å². The molecule has 0 amide bonds. The molecular formula is C28H37FO11. The van der Waals surface area contributed by atoms with Crippen LogP contribution in [0, 0.1) is 28.6 Å². The van der Waals surface area contributed by atoms with Gasteiger partial charge in [0.15, 0.2) is 29.6 Å². The van der Waals surface area contributed by atoms with Crippen LogP contribution in [0.4, 0.5) is 4.39 Å². The first kappa shape index (κ1) is 29.4. The van der Waals surface area contributed by atoms with Gasteiger partial charge in [0, 0.05) is 16.7 Å². The van der Waals surface area contributed by atoms with Crippen LogP contribution in [0.1, 0.15) is 46.5 Å². The summed E-state index contributed by atoms with van der Waals surface area (Å²) in [7, 11) is 0. The van der Waals surface area contributed by atoms with Crippen molar-refractivity contribution < 1.29 is 58.9 Å². The Bertz CT molecular complexity index is 1170. The number of ether oxygens (including phenoxy) is 2. The highest BCUT2D eigenvalue weighted by atomic mass is 19.1. The summed E-state index contributed by atoms with van der Waals surface area (Å²) in [6, 6.07) is 0. The van der Waals surface area contributed by atoms with Gasteiger partial charge in [-0.25, -0.2) is 9.18 Å². The van der Waals surface area contributed by atoms with Gasteiger partial charge in [-0.3, -0.25) is 9.59 Å². The average Bonchev–Trinajstić information content (AvgIpc) is 3.09. The van der Waals surface area contributed by atoms with Crippen LogP contribution in [0.2, 0.25) is 0 Å². The molecule has 0 spiro atoms. The van der Waals surface area contributed by atoms with Crippen molar-refractivity contribution in [2.75, 3.05) is 6.61 Å². The number of ketones is 2. The number of carboxylic acids is 1. The van der Waals surface area contributed by atoms with Gasteiger partial charge in [0.2, 0.25) is 0 Å². The maximum Gasteiger partial charge on any atom is 0.335 e. The number of alkyl halides is 1. The first-order chi connectivity index (χ1) is 18.5. The zero-order valence-corrected chi connectivity index (χ0v) is 22.6. The molecule has 5 aliphatic rings. The summed E-state index contributed by atoms with van der Waals surface area (Å²) in [6.07, 6.45) is -5.93. The SMILES string of the molecule is C[C@@H]1C[C@@H]2[C@H]3CCC4=CC(=O)C=C[C@]4(C)[C@@]3(F)[C@@H](O)C[C@]2(C)[C@@]1(O)C(=O)CO[C@@H]1O[C@H](C(=O)O)[C@@H](O)[C@H](O)[C@H]1O. The van der Waals surface area contributed by atoms with Crippen LogP contribution in [0.15, 0.2) is 23.8 Å². The molecule has 222 valence electrons. The van der Waals surface area contributed by atoms with Crippen LogP contribution >= 0.6 is 0 Å². The van der Waals surface area contributed by atoms with Crippen LogP contribution < -0.4 is 0 Å². The normalized spacial score (nSPS) is 51.9. The van der Waals surface area contributed by atoms with Gasteiger partial charge < -0.3 is 40.1 Å². The molecule has 0 aromatic rings. The molecular weight excluding hydrogens is 531 g/mol. The number of aliphatic hydroxyl groups excluding tert-OH is 4. The molecule has 6 N–H and O–H groups in total. The Morgan fingerprint density at radius 2 is 1.80 bits per heavy atom. The quantitative estimate of drug-likeness (QED) is 0.258. The average molecular weight is 569 g/mol. The number of aliphatic hydroxyl groups is 5. The molecule has 40 heavy (non-hydrogen) atoms. The van der Waals surface area contributed by atoms with E-state index in [4.69, 9.17) is 9.47 Å². The van der Waals surface area contributed by atoms with Gasteiger partial charge >= 0.3 is 5.97 Å². The summed E-state index contributed by atoms with van der Waals surface area (Å²) < 4.78 is 27.7. The predicted octanol–water partition coefficient (Wildman–Crippen LogP) is -0.188. The largest absolute Gasteiger partial charge is 0.479 e. The summed E-state index contributed by atoms with van der Waals surface area (Å²) in [5.74, 6) is -4.56. The van der Waals surface area contributed by atoms with Crippen LogP contribution in [0.3, 0.4) is 0 Å². The molecule has 4 aliphatic carbocycles. The Balaban J connectivity index is 1.40. The highest BCUT2D eigenvalue weighted by molar-refractivity contribution is 6.01. The van der Waals surface area contributed by atoms with Gasteiger partial charge in [-0.05, 0) is 56.6 Å². The van der Waals surface area contributed by atoms with E-state index in [1.54, 1.807) is 20.8 Å². The smallest absolute Gasteiger partial charge is 0.335 e. The lowest BCUT2D eigenvalue weighted by Crippen LogP contribution is -2.69. The lowest BCUT2D eigenvalue weighted by atomic mass is 9.44. The topological polar surface area (TPSA) is 191 Å². The molecule has 11 nitrogen and oxygen atoms in total. The minimum absolute atomic E-state index is 0.233. The van der Waals surface area contributed by atoms with Crippen molar-refractivity contribution in [3.8, 4) is 0 Å². The lowest BCUT2D eigenvalue weighted by molar-refractivity contribution is -0.293. The maximum absolute atomic E-state index is 17.3. The number of carbonyl (C=O) groups is 3. The predicted molar refractivity (Wildman–Crippen MR) is 133 cm³/mol. The van der Waals surface area contributed by atoms with E-state index in [2.05, 4.69) is 0 Å². The Kier molecular flexibility index (Phi) is 6.98. The zero-order valence-electron chi connectivity index (χ0n) is 22.6. The summed E-state index contributed by atoms with van der Waals surface area (Å²) in [6.45, 7) is 4.16. The number of carbonyl (C=O) groups excluding carboxylic acids is 2. The summed E-state index contributed by atoms with van der Waals surface area (Å²) in [4.78, 5) is 37.0. The Morgan fingerprint density at radius 3 is 2.45 bits per heavy atom. The van der Waals surface area contributed by atoms with Gasteiger partial charge in [0.1, 0.15) is 30.5 Å². The molecule has 4 fully saturated rings. The maximum atomic E-state index is 17.3. The van der Waals surface area contributed by atoms with Crippen LogP contribution in [0.5, 0.6) is 0 Å². The fourth-order valence-electron chi connectivity index (χ4n) is 8.60. The third-order valence-corrected chi connectivity index (χ3v) is 10.8. The third kappa shape index (κ3) is 3.70. The molecule has 1 aliphatic heterocycles. The van der Waals surface area contributed by atoms with Gasteiger partial charge in [0.25, 0.3) is 0 Å². The van der Waals surface area contributed by atoms with Crippen molar-refractivity contribution in [2.45, 2.75) is 94.5 Å². The van der Waals surface area contributed by atoms with Crippen LogP contribution in [-0.2, 0) is 23.9 Å². The summed E-state index contributed by atoms with van der Waals surface area (Å²) in [5.41, 5.74) is -6.07. The number of allylic oxidation sites excluding steroid dienone is 4. The van der Waals surface area contributed by atoms with Crippen molar-refractivity contribution in [3.63, 3.8) is 0 Å². The lowest BCUT2D eigenvalue weighted by Gasteiger charge is -2.62. The van der Waals surface area contributed by atoms with Crippen LogP contribution in [0.25, 0.3) is 0 Å².